The molecule has 0 spiro atoms. The molecule has 1 aliphatic heterocycles. The number of hydrogen-bond donors (Lipinski definition) is 2. The summed E-state index contributed by atoms with van der Waals surface area (Å²) in [6, 6.07) is 0. The second-order valence-electron chi connectivity index (χ2n) is 6.02. The van der Waals surface area contributed by atoms with Crippen LogP contribution in [0.4, 0.5) is 0 Å². The molecule has 0 aromatic rings. The van der Waals surface area contributed by atoms with Crippen LogP contribution in [0.15, 0.2) is 0 Å². The van der Waals surface area contributed by atoms with E-state index < -0.39 is 11.5 Å². The Bertz CT molecular complexity index is 317. The predicted octanol–water partition coefficient (Wildman–Crippen LogP) is 3.08. The van der Waals surface area contributed by atoms with Gasteiger partial charge in [0.05, 0.1) is 6.42 Å². The van der Waals surface area contributed by atoms with Crippen molar-refractivity contribution in [3.05, 3.63) is 0 Å². The summed E-state index contributed by atoms with van der Waals surface area (Å²) < 4.78 is 0. The van der Waals surface area contributed by atoms with E-state index in [0.29, 0.717) is 6.42 Å². The van der Waals surface area contributed by atoms with Gasteiger partial charge >= 0.3 is 0 Å². The molecular weight excluding hydrogens is 254 g/mol. The van der Waals surface area contributed by atoms with Gasteiger partial charge in [0.2, 0.25) is 5.91 Å². The maximum absolute atomic E-state index is 11.4. The summed E-state index contributed by atoms with van der Waals surface area (Å²) in [6.45, 7) is 2.23. The number of aliphatic hydroxyl groups is 1. The second-order valence-corrected chi connectivity index (χ2v) is 6.02. The quantitative estimate of drug-likeness (QED) is 0.452. The Kier molecular flexibility index (Phi) is 7.82. The summed E-state index contributed by atoms with van der Waals surface area (Å²) in [5, 5.41) is 12.2. The first-order valence-electron chi connectivity index (χ1n) is 8.15. The van der Waals surface area contributed by atoms with Crippen molar-refractivity contribution in [2.75, 3.05) is 0 Å². The number of amides is 2. The third kappa shape index (κ3) is 6.04. The van der Waals surface area contributed by atoms with E-state index in [1.54, 1.807) is 0 Å². The third-order valence-corrected chi connectivity index (χ3v) is 4.07. The van der Waals surface area contributed by atoms with Gasteiger partial charge in [0.25, 0.3) is 5.91 Å². The van der Waals surface area contributed by atoms with Gasteiger partial charge in [-0.05, 0) is 6.42 Å². The lowest BCUT2D eigenvalue weighted by molar-refractivity contribution is -0.135. The van der Waals surface area contributed by atoms with Crippen LogP contribution in [0.3, 0.4) is 0 Å². The average Bonchev–Trinajstić information content (AvgIpc) is 2.65. The third-order valence-electron chi connectivity index (χ3n) is 4.07. The van der Waals surface area contributed by atoms with E-state index in [9.17, 15) is 14.7 Å². The van der Waals surface area contributed by atoms with Crippen LogP contribution in [0.1, 0.15) is 84.0 Å². The molecule has 0 bridgehead atoms. The maximum atomic E-state index is 11.4. The molecule has 0 saturated carbocycles. The number of carbonyl (C=O) groups is 2. The van der Waals surface area contributed by atoms with E-state index in [-0.39, 0.29) is 12.3 Å². The summed E-state index contributed by atoms with van der Waals surface area (Å²) >= 11 is 0. The normalized spacial score (nSPS) is 22.3. The van der Waals surface area contributed by atoms with E-state index in [1.165, 1.54) is 44.9 Å². The van der Waals surface area contributed by atoms with Gasteiger partial charge in [0.1, 0.15) is 0 Å². The Morgan fingerprint density at radius 3 is 1.90 bits per heavy atom. The molecule has 1 rings (SSSR count). The van der Waals surface area contributed by atoms with Crippen molar-refractivity contribution in [2.45, 2.75) is 89.6 Å². The topological polar surface area (TPSA) is 66.4 Å². The summed E-state index contributed by atoms with van der Waals surface area (Å²) in [6.07, 6.45) is 12.5. The molecular formula is C16H29NO3. The Morgan fingerprint density at radius 2 is 1.45 bits per heavy atom. The van der Waals surface area contributed by atoms with Crippen molar-refractivity contribution >= 4 is 11.8 Å². The molecule has 4 heteroatoms. The van der Waals surface area contributed by atoms with Crippen molar-refractivity contribution in [3.8, 4) is 0 Å². The molecule has 4 nitrogen and oxygen atoms in total. The van der Waals surface area contributed by atoms with Gasteiger partial charge in [-0.25, -0.2) is 0 Å². The highest BCUT2D eigenvalue weighted by molar-refractivity contribution is 6.07. The Morgan fingerprint density at radius 1 is 0.950 bits per heavy atom. The number of nitrogens with one attached hydrogen (secondary N) is 1. The van der Waals surface area contributed by atoms with Gasteiger partial charge in [-0.1, -0.05) is 71.1 Å². The molecule has 20 heavy (non-hydrogen) atoms. The fourth-order valence-corrected chi connectivity index (χ4v) is 2.74. The van der Waals surface area contributed by atoms with Crippen LogP contribution in [0, 0.1) is 0 Å². The van der Waals surface area contributed by atoms with Crippen LogP contribution in [0.2, 0.25) is 0 Å². The minimum absolute atomic E-state index is 0.0662. The molecule has 1 unspecified atom stereocenters. The largest absolute Gasteiger partial charge is 0.379 e. The van der Waals surface area contributed by atoms with Crippen LogP contribution < -0.4 is 5.32 Å². The average molecular weight is 283 g/mol. The summed E-state index contributed by atoms with van der Waals surface area (Å²) in [4.78, 5) is 22.5. The van der Waals surface area contributed by atoms with Gasteiger partial charge in [-0.15, -0.1) is 0 Å². The summed E-state index contributed by atoms with van der Waals surface area (Å²) in [5.74, 6) is -0.872. The minimum Gasteiger partial charge on any atom is -0.379 e. The van der Waals surface area contributed by atoms with Crippen LogP contribution in [0.25, 0.3) is 0 Å². The zero-order valence-corrected chi connectivity index (χ0v) is 12.7. The zero-order valence-electron chi connectivity index (χ0n) is 12.7. The standard InChI is InChI=1S/C16H29NO3/c1-2-3-4-5-6-7-8-9-10-11-12-16(20)13-14(18)17-15(16)19/h20H,2-13H2,1H3,(H,17,18,19). The molecule has 2 N–H and O–H groups in total. The maximum Gasteiger partial charge on any atom is 0.259 e. The molecule has 1 heterocycles. The highest BCUT2D eigenvalue weighted by atomic mass is 16.3. The van der Waals surface area contributed by atoms with Gasteiger partial charge in [0, 0.05) is 0 Å². The van der Waals surface area contributed by atoms with Crippen LogP contribution in [-0.4, -0.2) is 22.5 Å². The fourth-order valence-electron chi connectivity index (χ4n) is 2.74. The molecule has 1 fully saturated rings. The van der Waals surface area contributed by atoms with E-state index in [1.807, 2.05) is 0 Å². The Labute approximate surface area is 122 Å². The second kappa shape index (κ2) is 9.11. The number of rotatable bonds is 11. The number of unbranched alkanes of at least 4 members (excludes halogenated alkanes) is 9. The Balaban J connectivity index is 1.95. The number of carbonyl (C=O) groups excluding carboxylic acids is 2. The van der Waals surface area contributed by atoms with E-state index >= 15 is 0 Å². The predicted molar refractivity (Wildman–Crippen MR) is 79.2 cm³/mol. The molecule has 116 valence electrons. The summed E-state index contributed by atoms with van der Waals surface area (Å²) in [7, 11) is 0. The molecule has 0 radical (unpaired) electrons. The number of hydrogen-bond acceptors (Lipinski definition) is 3. The van der Waals surface area contributed by atoms with Crippen LogP contribution in [-0.2, 0) is 9.59 Å². The molecule has 1 atom stereocenters. The molecule has 0 aromatic carbocycles. The van der Waals surface area contributed by atoms with Crippen molar-refractivity contribution in [1.29, 1.82) is 0 Å². The zero-order chi connectivity index (χ0) is 14.8. The van der Waals surface area contributed by atoms with Crippen molar-refractivity contribution < 1.29 is 14.7 Å². The lowest BCUT2D eigenvalue weighted by Crippen LogP contribution is -2.37. The van der Waals surface area contributed by atoms with Crippen LogP contribution in [0.5, 0.6) is 0 Å². The lowest BCUT2D eigenvalue weighted by Gasteiger charge is -2.17. The lowest BCUT2D eigenvalue weighted by atomic mass is 9.94. The first-order chi connectivity index (χ1) is 9.58. The SMILES string of the molecule is CCCCCCCCCCCCC1(O)CC(=O)NC1=O. The van der Waals surface area contributed by atoms with Gasteiger partial charge in [-0.2, -0.15) is 0 Å². The number of imide groups is 1. The first kappa shape index (κ1) is 17.2. The smallest absolute Gasteiger partial charge is 0.259 e. The highest BCUT2D eigenvalue weighted by Crippen LogP contribution is 2.24. The van der Waals surface area contributed by atoms with Crippen molar-refractivity contribution in [2.24, 2.45) is 0 Å². The van der Waals surface area contributed by atoms with Crippen LogP contribution >= 0.6 is 0 Å². The minimum atomic E-state index is -1.43. The van der Waals surface area contributed by atoms with E-state index in [4.69, 9.17) is 0 Å². The van der Waals surface area contributed by atoms with Crippen molar-refractivity contribution in [3.63, 3.8) is 0 Å². The van der Waals surface area contributed by atoms with Crippen molar-refractivity contribution in [1.82, 2.24) is 5.32 Å². The van der Waals surface area contributed by atoms with Gasteiger partial charge in [-0.3, -0.25) is 14.9 Å². The fraction of sp³-hybridized carbons (Fsp3) is 0.875. The van der Waals surface area contributed by atoms with Gasteiger partial charge < -0.3 is 5.11 Å². The highest BCUT2D eigenvalue weighted by Gasteiger charge is 2.44. The van der Waals surface area contributed by atoms with Gasteiger partial charge in [0.15, 0.2) is 5.60 Å². The summed E-state index contributed by atoms with van der Waals surface area (Å²) in [5.41, 5.74) is -1.43. The Hall–Kier alpha value is -0.900. The van der Waals surface area contributed by atoms with E-state index in [2.05, 4.69) is 12.2 Å². The molecule has 0 aromatic heterocycles. The molecule has 0 aliphatic carbocycles. The molecule has 1 aliphatic rings. The first-order valence-corrected chi connectivity index (χ1v) is 8.15. The van der Waals surface area contributed by atoms with E-state index in [0.717, 1.165) is 19.3 Å². The molecule has 2 amide bonds. The monoisotopic (exact) mass is 283 g/mol. The molecule has 1 saturated heterocycles.